The van der Waals surface area contributed by atoms with Crippen LogP contribution < -0.4 is 4.74 Å². The zero-order valence-electron chi connectivity index (χ0n) is 16.0. The Labute approximate surface area is 162 Å². The van der Waals surface area contributed by atoms with E-state index in [4.69, 9.17) is 4.74 Å². The summed E-state index contributed by atoms with van der Waals surface area (Å²) < 4.78 is 20.0. The zero-order chi connectivity index (χ0) is 18.5. The van der Waals surface area contributed by atoms with Gasteiger partial charge in [0, 0.05) is 5.56 Å². The summed E-state index contributed by atoms with van der Waals surface area (Å²) in [7, 11) is 1.53. The molecule has 2 saturated carbocycles. The van der Waals surface area contributed by atoms with Gasteiger partial charge in [-0.05, 0) is 80.5 Å². The third kappa shape index (κ3) is 4.18. The molecule has 1 aromatic carbocycles. The largest absolute Gasteiger partial charge is 0.493 e. The van der Waals surface area contributed by atoms with Crippen LogP contribution in [0.15, 0.2) is 17.1 Å². The summed E-state index contributed by atoms with van der Waals surface area (Å²) in [4.78, 5) is 3.80. The van der Waals surface area contributed by atoms with E-state index in [1.807, 2.05) is 6.07 Å². The number of benzene rings is 1. The third-order valence-corrected chi connectivity index (χ3v) is 6.92. The van der Waals surface area contributed by atoms with Crippen molar-refractivity contribution < 1.29 is 9.13 Å². The summed E-state index contributed by atoms with van der Waals surface area (Å²) >= 11 is 4.60. The van der Waals surface area contributed by atoms with Crippen LogP contribution in [0.4, 0.5) is 10.1 Å². The Morgan fingerprint density at radius 1 is 1.08 bits per heavy atom. The number of methoxy groups -OCH3 is 1. The molecule has 2 nitrogen and oxygen atoms in total. The van der Waals surface area contributed by atoms with Crippen molar-refractivity contribution in [3.8, 4) is 5.75 Å². The molecule has 1 aromatic rings. The lowest BCUT2D eigenvalue weighted by Crippen LogP contribution is -2.25. The molecule has 0 atom stereocenters. The van der Waals surface area contributed by atoms with Gasteiger partial charge in [-0.1, -0.05) is 32.3 Å². The minimum absolute atomic E-state index is 0.210. The van der Waals surface area contributed by atoms with Crippen molar-refractivity contribution in [2.75, 3.05) is 7.11 Å². The summed E-state index contributed by atoms with van der Waals surface area (Å²) in [5.41, 5.74) is 1.20. The molecule has 3 rings (SSSR count). The molecular weight excluding hydrogens is 345 g/mol. The third-order valence-electron chi connectivity index (χ3n) is 6.82. The molecule has 0 aliphatic heterocycles. The Bertz CT molecular complexity index is 654. The second kappa shape index (κ2) is 9.10. The Balaban J connectivity index is 1.65. The highest BCUT2D eigenvalue weighted by atomic mass is 32.1. The first kappa shape index (κ1) is 19.5. The van der Waals surface area contributed by atoms with Crippen molar-refractivity contribution in [3.05, 3.63) is 23.5 Å². The van der Waals surface area contributed by atoms with E-state index in [2.05, 4.69) is 29.3 Å². The fraction of sp³-hybridized carbons (Fsp3) is 0.682. The van der Waals surface area contributed by atoms with Gasteiger partial charge in [0.15, 0.2) is 11.6 Å². The van der Waals surface area contributed by atoms with Gasteiger partial charge in [-0.25, -0.2) is 4.39 Å². The molecule has 0 heterocycles. The Kier molecular flexibility index (Phi) is 6.83. The molecule has 0 saturated heterocycles. The highest BCUT2D eigenvalue weighted by Gasteiger charge is 2.32. The van der Waals surface area contributed by atoms with Crippen LogP contribution in [0.25, 0.3) is 0 Å². The van der Waals surface area contributed by atoms with Crippen LogP contribution in [0.1, 0.15) is 76.2 Å². The molecule has 2 aliphatic rings. The summed E-state index contributed by atoms with van der Waals surface area (Å²) in [6.07, 6.45) is 11.8. The molecule has 0 aromatic heterocycles. The molecule has 0 unspecified atom stereocenters. The predicted octanol–water partition coefficient (Wildman–Crippen LogP) is 7.06. The summed E-state index contributed by atoms with van der Waals surface area (Å²) in [5.74, 6) is 3.04. The van der Waals surface area contributed by atoms with Crippen molar-refractivity contribution >= 4 is 23.1 Å². The Hall–Kier alpha value is -1.25. The average molecular weight is 376 g/mol. The normalized spacial score (nSPS) is 29.0. The van der Waals surface area contributed by atoms with Crippen LogP contribution >= 0.6 is 12.2 Å². The first-order valence-electron chi connectivity index (χ1n) is 10.1. The number of nitrogens with zero attached hydrogens (tertiary/aromatic N) is 1. The van der Waals surface area contributed by atoms with E-state index in [1.54, 1.807) is 6.07 Å². The van der Waals surface area contributed by atoms with Crippen LogP contribution in [-0.4, -0.2) is 12.3 Å². The number of hydrogen-bond donors (Lipinski definition) is 0. The number of halogens is 1. The highest BCUT2D eigenvalue weighted by molar-refractivity contribution is 7.78. The summed E-state index contributed by atoms with van der Waals surface area (Å²) in [6.45, 7) is 2.33. The molecule has 0 bridgehead atoms. The minimum Gasteiger partial charge on any atom is -0.493 e. The van der Waals surface area contributed by atoms with Crippen LogP contribution in [0.5, 0.6) is 5.75 Å². The van der Waals surface area contributed by atoms with Gasteiger partial charge in [0.25, 0.3) is 0 Å². The van der Waals surface area contributed by atoms with Crippen molar-refractivity contribution in [2.45, 2.75) is 70.6 Å². The number of thiocarbonyl (C=S) groups is 1. The number of ether oxygens (including phenoxy) is 1. The average Bonchev–Trinajstić information content (AvgIpc) is 2.70. The molecule has 0 amide bonds. The Morgan fingerprint density at radius 2 is 1.69 bits per heavy atom. The molecule has 0 N–H and O–H groups in total. The van der Waals surface area contributed by atoms with Crippen molar-refractivity contribution in [1.82, 2.24) is 0 Å². The molecule has 26 heavy (non-hydrogen) atoms. The summed E-state index contributed by atoms with van der Waals surface area (Å²) in [5, 5.41) is 2.24. The molecule has 0 radical (unpaired) electrons. The maximum atomic E-state index is 14.6. The van der Waals surface area contributed by atoms with Crippen LogP contribution in [-0.2, 0) is 0 Å². The zero-order valence-corrected chi connectivity index (χ0v) is 16.8. The molecule has 2 fully saturated rings. The van der Waals surface area contributed by atoms with Gasteiger partial charge < -0.3 is 4.74 Å². The SMILES string of the molecule is CCC1CCC(C2CCC(c3ccc(N=C=S)c(F)c3OC)CC2)CC1. The molecule has 0 spiro atoms. The molecule has 142 valence electrons. The summed E-state index contributed by atoms with van der Waals surface area (Å²) in [6, 6.07) is 3.66. The molecule has 2 aliphatic carbocycles. The van der Waals surface area contributed by atoms with Crippen LogP contribution in [0, 0.1) is 23.6 Å². The number of aliphatic imine (C=N–C) groups is 1. The van der Waals surface area contributed by atoms with E-state index in [1.165, 1.54) is 52.1 Å². The van der Waals surface area contributed by atoms with Gasteiger partial charge in [-0.3, -0.25) is 0 Å². The highest BCUT2D eigenvalue weighted by Crippen LogP contribution is 2.46. The quantitative estimate of drug-likeness (QED) is 0.406. The van der Waals surface area contributed by atoms with E-state index in [-0.39, 0.29) is 5.69 Å². The van der Waals surface area contributed by atoms with Crippen molar-refractivity contribution in [1.29, 1.82) is 0 Å². The monoisotopic (exact) mass is 375 g/mol. The fourth-order valence-corrected chi connectivity index (χ4v) is 5.29. The second-order valence-corrected chi connectivity index (χ2v) is 8.21. The van der Waals surface area contributed by atoms with E-state index in [0.29, 0.717) is 11.7 Å². The van der Waals surface area contributed by atoms with E-state index < -0.39 is 5.82 Å². The maximum Gasteiger partial charge on any atom is 0.191 e. The smallest absolute Gasteiger partial charge is 0.191 e. The lowest BCUT2D eigenvalue weighted by atomic mass is 9.68. The number of rotatable bonds is 5. The standard InChI is InChI=1S/C22H30FNOS/c1-3-15-4-6-16(7-5-15)17-8-10-18(11-9-17)19-12-13-20(24-14-26)21(23)22(19)25-2/h12-13,15-18H,3-11H2,1-2H3. The molecule has 4 heteroatoms. The predicted molar refractivity (Wildman–Crippen MR) is 108 cm³/mol. The van der Waals surface area contributed by atoms with Gasteiger partial charge in [-0.15, -0.1) is 0 Å². The first-order chi connectivity index (χ1) is 12.7. The first-order valence-corrected chi connectivity index (χ1v) is 10.5. The fourth-order valence-electron chi connectivity index (χ4n) is 5.19. The van der Waals surface area contributed by atoms with E-state index in [0.717, 1.165) is 36.2 Å². The topological polar surface area (TPSA) is 21.6 Å². The number of isothiocyanates is 1. The van der Waals surface area contributed by atoms with Gasteiger partial charge >= 0.3 is 0 Å². The van der Waals surface area contributed by atoms with Crippen molar-refractivity contribution in [2.24, 2.45) is 22.7 Å². The van der Waals surface area contributed by atoms with Gasteiger partial charge in [-0.2, -0.15) is 4.99 Å². The molecular formula is C22H30FNOS. The maximum absolute atomic E-state index is 14.6. The van der Waals surface area contributed by atoms with Crippen molar-refractivity contribution in [3.63, 3.8) is 0 Å². The Morgan fingerprint density at radius 3 is 2.23 bits per heavy atom. The number of hydrogen-bond acceptors (Lipinski definition) is 3. The van der Waals surface area contributed by atoms with Crippen LogP contribution in [0.3, 0.4) is 0 Å². The van der Waals surface area contributed by atoms with Gasteiger partial charge in [0.1, 0.15) is 5.69 Å². The van der Waals surface area contributed by atoms with E-state index in [9.17, 15) is 4.39 Å². The lowest BCUT2D eigenvalue weighted by Gasteiger charge is -2.38. The second-order valence-electron chi connectivity index (χ2n) is 8.02. The lowest BCUT2D eigenvalue weighted by molar-refractivity contribution is 0.158. The van der Waals surface area contributed by atoms with E-state index >= 15 is 0 Å². The van der Waals surface area contributed by atoms with Gasteiger partial charge in [0.05, 0.1) is 12.3 Å². The van der Waals surface area contributed by atoms with Gasteiger partial charge in [0.2, 0.25) is 0 Å². The van der Waals surface area contributed by atoms with Crippen LogP contribution in [0.2, 0.25) is 0 Å². The minimum atomic E-state index is -0.414.